The number of benzene rings is 2. The smallest absolute Gasteiger partial charge is 0.260 e. The molecule has 1 heterocycles. The highest BCUT2D eigenvalue weighted by atomic mass is 79.9. The van der Waals surface area contributed by atoms with Crippen LogP contribution in [0.5, 0.6) is 5.75 Å². The quantitative estimate of drug-likeness (QED) is 0.522. The summed E-state index contributed by atoms with van der Waals surface area (Å²) in [4.78, 5) is 28.1. The van der Waals surface area contributed by atoms with Gasteiger partial charge in [0.05, 0.1) is 5.75 Å². The summed E-state index contributed by atoms with van der Waals surface area (Å²) >= 11 is 9.27. The van der Waals surface area contributed by atoms with Gasteiger partial charge < -0.3 is 9.64 Å². The molecule has 0 bridgehead atoms. The lowest BCUT2D eigenvalue weighted by Crippen LogP contribution is -2.54. The molecule has 1 saturated heterocycles. The van der Waals surface area contributed by atoms with Gasteiger partial charge in [0.2, 0.25) is 15.9 Å². The summed E-state index contributed by atoms with van der Waals surface area (Å²) in [7, 11) is -3.88. The number of amides is 2. The second-order valence-corrected chi connectivity index (χ2v) is 11.3. The normalized spacial score (nSPS) is 16.8. The molecule has 2 aromatic carbocycles. The lowest BCUT2D eigenvalue weighted by Gasteiger charge is -2.40. The lowest BCUT2D eigenvalue weighted by molar-refractivity contribution is -0.138. The van der Waals surface area contributed by atoms with Crippen LogP contribution < -0.4 is 9.46 Å². The van der Waals surface area contributed by atoms with Gasteiger partial charge in [0.25, 0.3) is 5.91 Å². The molecule has 184 valence electrons. The number of halogens is 2. The molecule has 1 N–H and O–H groups in total. The fraction of sp³-hybridized carbons (Fsp3) is 0.391. The Balaban J connectivity index is 1.58. The zero-order valence-corrected chi connectivity index (χ0v) is 22.1. The van der Waals surface area contributed by atoms with Gasteiger partial charge in [-0.05, 0) is 42.8 Å². The molecule has 0 saturated carbocycles. The van der Waals surface area contributed by atoms with E-state index in [1.54, 1.807) is 23.1 Å². The summed E-state index contributed by atoms with van der Waals surface area (Å²) in [5.74, 6) is -1.01. The maximum atomic E-state index is 12.9. The fourth-order valence-corrected chi connectivity index (χ4v) is 5.56. The van der Waals surface area contributed by atoms with E-state index in [0.717, 1.165) is 32.1 Å². The number of hydrogen-bond acceptors (Lipinski definition) is 6. The van der Waals surface area contributed by atoms with Gasteiger partial charge in [-0.1, -0.05) is 39.7 Å². The second kappa shape index (κ2) is 11.5. The molecule has 0 spiro atoms. The van der Waals surface area contributed by atoms with E-state index >= 15 is 0 Å². The van der Waals surface area contributed by atoms with Crippen LogP contribution in [-0.2, 0) is 31.9 Å². The molecule has 1 aliphatic rings. The monoisotopic (exact) mass is 571 g/mol. The standard InChI is InChI=1S/C23H27BrClN3O5S/c1-16-12-27(13-18-3-6-21(25)7-4-18)9-10-28(16)23(30)14-33-22-8-5-20(24)11-19(22)15-34(31,32)26-17(2)29/h3-8,11,16H,9-10,12-15H2,1-2H3,(H,26,29). The Morgan fingerprint density at radius 3 is 2.53 bits per heavy atom. The molecule has 11 heteroatoms. The van der Waals surface area contributed by atoms with E-state index in [2.05, 4.69) is 20.8 Å². The van der Waals surface area contributed by atoms with E-state index in [0.29, 0.717) is 21.6 Å². The topological polar surface area (TPSA) is 96.0 Å². The minimum Gasteiger partial charge on any atom is -0.483 e. The van der Waals surface area contributed by atoms with Gasteiger partial charge in [-0.3, -0.25) is 19.2 Å². The Labute approximate surface area is 213 Å². The average Bonchev–Trinajstić information content (AvgIpc) is 2.73. The first kappa shape index (κ1) is 26.5. The zero-order valence-electron chi connectivity index (χ0n) is 19.0. The van der Waals surface area contributed by atoms with Crippen LogP contribution in [0.4, 0.5) is 0 Å². The minimum absolute atomic E-state index is 0.00156. The first-order valence-corrected chi connectivity index (χ1v) is 13.5. The Hall–Kier alpha value is -2.14. The van der Waals surface area contributed by atoms with Crippen molar-refractivity contribution >= 4 is 49.4 Å². The molecular weight excluding hydrogens is 546 g/mol. The number of rotatable bonds is 8. The average molecular weight is 573 g/mol. The number of ether oxygens (including phenoxy) is 1. The number of carbonyl (C=O) groups is 2. The summed E-state index contributed by atoms with van der Waals surface area (Å²) in [6.07, 6.45) is 0. The number of nitrogens with one attached hydrogen (secondary N) is 1. The van der Waals surface area contributed by atoms with Crippen LogP contribution in [0, 0.1) is 0 Å². The Bertz CT molecular complexity index is 1140. The third kappa shape index (κ3) is 7.69. The molecule has 3 rings (SSSR count). The molecule has 0 radical (unpaired) electrons. The highest BCUT2D eigenvalue weighted by molar-refractivity contribution is 9.10. The summed E-state index contributed by atoms with van der Waals surface area (Å²) in [5.41, 5.74) is 1.51. The molecule has 1 aliphatic heterocycles. The maximum absolute atomic E-state index is 12.9. The summed E-state index contributed by atoms with van der Waals surface area (Å²) in [5, 5.41) is 0.703. The van der Waals surface area contributed by atoms with Crippen molar-refractivity contribution < 1.29 is 22.7 Å². The molecule has 34 heavy (non-hydrogen) atoms. The van der Waals surface area contributed by atoms with Gasteiger partial charge in [0.15, 0.2) is 6.61 Å². The summed E-state index contributed by atoms with van der Waals surface area (Å²) in [6.45, 7) is 5.73. The van der Waals surface area contributed by atoms with Crippen molar-refractivity contribution in [1.29, 1.82) is 0 Å². The van der Waals surface area contributed by atoms with Gasteiger partial charge >= 0.3 is 0 Å². The van der Waals surface area contributed by atoms with Crippen LogP contribution in [0.3, 0.4) is 0 Å². The van der Waals surface area contributed by atoms with E-state index in [4.69, 9.17) is 16.3 Å². The van der Waals surface area contributed by atoms with Crippen molar-refractivity contribution in [2.24, 2.45) is 0 Å². The molecule has 1 unspecified atom stereocenters. The van der Waals surface area contributed by atoms with E-state index in [9.17, 15) is 18.0 Å². The van der Waals surface area contributed by atoms with E-state index in [-0.39, 0.29) is 24.3 Å². The number of piperazine rings is 1. The number of hydrogen-bond donors (Lipinski definition) is 1. The van der Waals surface area contributed by atoms with Gasteiger partial charge in [0, 0.05) is 54.2 Å². The lowest BCUT2D eigenvalue weighted by atomic mass is 10.1. The van der Waals surface area contributed by atoms with Crippen LogP contribution in [0.1, 0.15) is 25.0 Å². The van der Waals surface area contributed by atoms with Crippen LogP contribution in [0.25, 0.3) is 0 Å². The highest BCUT2D eigenvalue weighted by Crippen LogP contribution is 2.25. The van der Waals surface area contributed by atoms with Crippen molar-refractivity contribution in [3.05, 3.63) is 63.1 Å². The predicted octanol–water partition coefficient (Wildman–Crippen LogP) is 3.18. The number of carbonyl (C=O) groups excluding carboxylic acids is 2. The van der Waals surface area contributed by atoms with E-state index in [1.807, 2.05) is 35.9 Å². The third-order valence-corrected chi connectivity index (χ3v) is 7.40. The molecule has 1 atom stereocenters. The van der Waals surface area contributed by atoms with E-state index in [1.165, 1.54) is 0 Å². The van der Waals surface area contributed by atoms with Crippen LogP contribution in [0.15, 0.2) is 46.9 Å². The van der Waals surface area contributed by atoms with Crippen LogP contribution in [0.2, 0.25) is 5.02 Å². The van der Waals surface area contributed by atoms with Crippen molar-refractivity contribution in [2.75, 3.05) is 26.2 Å². The first-order chi connectivity index (χ1) is 16.0. The predicted molar refractivity (Wildman–Crippen MR) is 134 cm³/mol. The first-order valence-electron chi connectivity index (χ1n) is 10.7. The minimum atomic E-state index is -3.88. The Morgan fingerprint density at radius 1 is 1.18 bits per heavy atom. The molecule has 1 fully saturated rings. The maximum Gasteiger partial charge on any atom is 0.260 e. The van der Waals surface area contributed by atoms with E-state index < -0.39 is 21.7 Å². The summed E-state index contributed by atoms with van der Waals surface area (Å²) in [6, 6.07) is 12.6. The molecule has 2 amide bonds. The largest absolute Gasteiger partial charge is 0.483 e. The Kier molecular flexibility index (Phi) is 8.97. The Morgan fingerprint density at radius 2 is 1.88 bits per heavy atom. The molecule has 0 aromatic heterocycles. The van der Waals surface area contributed by atoms with Gasteiger partial charge in [0.1, 0.15) is 5.75 Å². The van der Waals surface area contributed by atoms with Crippen molar-refractivity contribution in [3.63, 3.8) is 0 Å². The van der Waals surface area contributed by atoms with Crippen LogP contribution >= 0.6 is 27.5 Å². The van der Waals surface area contributed by atoms with Gasteiger partial charge in [-0.15, -0.1) is 0 Å². The highest BCUT2D eigenvalue weighted by Gasteiger charge is 2.28. The van der Waals surface area contributed by atoms with Crippen molar-refractivity contribution in [2.45, 2.75) is 32.2 Å². The summed E-state index contributed by atoms with van der Waals surface area (Å²) < 4.78 is 32.7. The molecule has 0 aliphatic carbocycles. The fourth-order valence-electron chi connectivity index (χ4n) is 3.88. The van der Waals surface area contributed by atoms with Crippen molar-refractivity contribution in [3.8, 4) is 5.75 Å². The van der Waals surface area contributed by atoms with Gasteiger partial charge in [-0.2, -0.15) is 0 Å². The zero-order chi connectivity index (χ0) is 24.9. The molecular formula is C23H27BrClN3O5S. The SMILES string of the molecule is CC(=O)NS(=O)(=O)Cc1cc(Br)ccc1OCC(=O)N1CCN(Cc2ccc(Cl)cc2)CC1C. The number of nitrogens with zero attached hydrogens (tertiary/aromatic N) is 2. The third-order valence-electron chi connectivity index (χ3n) is 5.37. The second-order valence-electron chi connectivity index (χ2n) is 8.26. The molecule has 8 nitrogen and oxygen atoms in total. The number of sulfonamides is 1. The molecule has 2 aromatic rings. The van der Waals surface area contributed by atoms with Crippen molar-refractivity contribution in [1.82, 2.24) is 14.5 Å². The van der Waals surface area contributed by atoms with Gasteiger partial charge in [-0.25, -0.2) is 8.42 Å². The van der Waals surface area contributed by atoms with Crippen LogP contribution in [-0.4, -0.2) is 62.3 Å².